The molecule has 2 aliphatic rings. The highest BCUT2D eigenvalue weighted by atomic mass is 16.5. The molecule has 2 saturated heterocycles. The van der Waals surface area contributed by atoms with Gasteiger partial charge in [0.2, 0.25) is 0 Å². The van der Waals surface area contributed by atoms with Gasteiger partial charge in [0.1, 0.15) is 0 Å². The summed E-state index contributed by atoms with van der Waals surface area (Å²) in [5.74, 6) is 0. The van der Waals surface area contributed by atoms with Gasteiger partial charge in [-0.2, -0.15) is 0 Å². The first-order chi connectivity index (χ1) is 8.83. The first-order valence-corrected chi connectivity index (χ1v) is 6.16. The van der Waals surface area contributed by atoms with E-state index in [9.17, 15) is 4.79 Å². The standard InChI is InChI=1S/C13H13N3O2/c17-13-11-4-14-5-12(10(11)1-2-15-13)16-6-9-3-8(16)7-18-9/h1-2,4-5,8-9H,3,6-7H2,(H,15,17)/t8-,9-/m0/s1. The van der Waals surface area contributed by atoms with Crippen molar-refractivity contribution in [2.45, 2.75) is 18.6 Å². The van der Waals surface area contributed by atoms with Gasteiger partial charge in [-0.05, 0) is 12.5 Å². The fourth-order valence-electron chi connectivity index (χ4n) is 3.02. The van der Waals surface area contributed by atoms with Gasteiger partial charge < -0.3 is 14.6 Å². The zero-order valence-electron chi connectivity index (χ0n) is 9.80. The third-order valence-electron chi connectivity index (χ3n) is 3.89. The molecule has 2 fully saturated rings. The average molecular weight is 243 g/mol. The Morgan fingerprint density at radius 3 is 3.11 bits per heavy atom. The Hall–Kier alpha value is -1.88. The molecule has 4 heterocycles. The lowest BCUT2D eigenvalue weighted by molar-refractivity contribution is 0.0992. The Labute approximate surface area is 103 Å². The molecule has 0 unspecified atom stereocenters. The molecule has 18 heavy (non-hydrogen) atoms. The van der Waals surface area contributed by atoms with Crippen molar-refractivity contribution in [3.05, 3.63) is 35.0 Å². The van der Waals surface area contributed by atoms with E-state index < -0.39 is 0 Å². The van der Waals surface area contributed by atoms with Crippen molar-refractivity contribution < 1.29 is 4.74 Å². The molecule has 2 bridgehead atoms. The molecule has 92 valence electrons. The number of nitrogens with zero attached hydrogens (tertiary/aromatic N) is 2. The summed E-state index contributed by atoms with van der Waals surface area (Å²) in [5, 5.41) is 1.62. The molecule has 0 spiro atoms. The lowest BCUT2D eigenvalue weighted by Gasteiger charge is -2.29. The van der Waals surface area contributed by atoms with Crippen LogP contribution in [0, 0.1) is 0 Å². The zero-order chi connectivity index (χ0) is 12.1. The van der Waals surface area contributed by atoms with E-state index in [2.05, 4.69) is 14.9 Å². The van der Waals surface area contributed by atoms with Crippen LogP contribution in [0.4, 0.5) is 5.69 Å². The molecule has 2 aromatic rings. The molecule has 2 aliphatic heterocycles. The third kappa shape index (κ3) is 1.31. The van der Waals surface area contributed by atoms with E-state index in [1.165, 1.54) is 0 Å². The van der Waals surface area contributed by atoms with Gasteiger partial charge in [-0.15, -0.1) is 0 Å². The topological polar surface area (TPSA) is 58.2 Å². The SMILES string of the molecule is O=c1[nH]ccc2c(N3C[C@@H]4C[C@H]3CO4)cncc12. The number of H-pyrrole nitrogens is 1. The molecule has 0 aromatic carbocycles. The molecular formula is C13H13N3O2. The fourth-order valence-corrected chi connectivity index (χ4v) is 3.02. The summed E-state index contributed by atoms with van der Waals surface area (Å²) in [5.41, 5.74) is 0.969. The van der Waals surface area contributed by atoms with Crippen LogP contribution in [0.1, 0.15) is 6.42 Å². The van der Waals surface area contributed by atoms with Crippen molar-refractivity contribution in [3.63, 3.8) is 0 Å². The highest BCUT2D eigenvalue weighted by Crippen LogP contribution is 2.35. The quantitative estimate of drug-likeness (QED) is 0.808. The van der Waals surface area contributed by atoms with Gasteiger partial charge in [-0.25, -0.2) is 0 Å². The number of rotatable bonds is 1. The number of ether oxygens (including phenoxy) is 1. The van der Waals surface area contributed by atoms with Crippen LogP contribution in [0.25, 0.3) is 10.8 Å². The normalized spacial score (nSPS) is 26.1. The average Bonchev–Trinajstić information content (AvgIpc) is 3.01. The van der Waals surface area contributed by atoms with E-state index >= 15 is 0 Å². The Morgan fingerprint density at radius 2 is 2.33 bits per heavy atom. The summed E-state index contributed by atoms with van der Waals surface area (Å²) < 4.78 is 5.61. The van der Waals surface area contributed by atoms with E-state index in [1.807, 2.05) is 12.3 Å². The number of pyridine rings is 2. The van der Waals surface area contributed by atoms with Crippen LogP contribution in [-0.2, 0) is 4.74 Å². The number of fused-ring (bicyclic) bond motifs is 3. The number of aromatic amines is 1. The summed E-state index contributed by atoms with van der Waals surface area (Å²) in [6.07, 6.45) is 6.59. The van der Waals surface area contributed by atoms with Crippen LogP contribution < -0.4 is 10.5 Å². The van der Waals surface area contributed by atoms with Crippen LogP contribution in [0.15, 0.2) is 29.5 Å². The maximum atomic E-state index is 11.8. The van der Waals surface area contributed by atoms with Crippen molar-refractivity contribution in [3.8, 4) is 0 Å². The molecule has 4 rings (SSSR count). The minimum Gasteiger partial charge on any atom is -0.374 e. The predicted octanol–water partition coefficient (Wildman–Crippen LogP) is 0.901. The van der Waals surface area contributed by atoms with E-state index in [1.54, 1.807) is 12.4 Å². The monoisotopic (exact) mass is 243 g/mol. The maximum Gasteiger partial charge on any atom is 0.257 e. The van der Waals surface area contributed by atoms with Crippen molar-refractivity contribution in [1.29, 1.82) is 0 Å². The highest BCUT2D eigenvalue weighted by Gasteiger charge is 2.39. The van der Waals surface area contributed by atoms with Gasteiger partial charge in [0.05, 0.1) is 36.0 Å². The van der Waals surface area contributed by atoms with Gasteiger partial charge in [-0.1, -0.05) is 0 Å². The molecule has 0 radical (unpaired) electrons. The van der Waals surface area contributed by atoms with Gasteiger partial charge in [0.25, 0.3) is 5.56 Å². The molecule has 5 nitrogen and oxygen atoms in total. The second kappa shape index (κ2) is 3.55. The number of morpholine rings is 1. The zero-order valence-corrected chi connectivity index (χ0v) is 9.80. The van der Waals surface area contributed by atoms with Gasteiger partial charge in [-0.3, -0.25) is 9.78 Å². The minimum atomic E-state index is -0.0811. The van der Waals surface area contributed by atoms with Crippen LogP contribution in [-0.4, -0.2) is 35.3 Å². The molecule has 2 atom stereocenters. The minimum absolute atomic E-state index is 0.0811. The Balaban J connectivity index is 1.90. The van der Waals surface area contributed by atoms with Crippen LogP contribution >= 0.6 is 0 Å². The molecular weight excluding hydrogens is 230 g/mol. The Morgan fingerprint density at radius 1 is 1.39 bits per heavy atom. The second-order valence-electron chi connectivity index (χ2n) is 4.92. The first kappa shape index (κ1) is 10.1. The maximum absolute atomic E-state index is 11.8. The summed E-state index contributed by atoms with van der Waals surface area (Å²) >= 11 is 0. The predicted molar refractivity (Wildman–Crippen MR) is 67.9 cm³/mol. The number of anilines is 1. The Bertz CT molecular complexity index is 667. The second-order valence-corrected chi connectivity index (χ2v) is 4.92. The van der Waals surface area contributed by atoms with Crippen LogP contribution in [0.2, 0.25) is 0 Å². The van der Waals surface area contributed by atoms with Gasteiger partial charge >= 0.3 is 0 Å². The van der Waals surface area contributed by atoms with E-state index in [4.69, 9.17) is 4.74 Å². The van der Waals surface area contributed by atoms with E-state index in [-0.39, 0.29) is 5.56 Å². The summed E-state index contributed by atoms with van der Waals surface area (Å²) in [7, 11) is 0. The molecule has 0 amide bonds. The molecule has 0 saturated carbocycles. The molecule has 5 heteroatoms. The van der Waals surface area contributed by atoms with Crippen LogP contribution in [0.5, 0.6) is 0 Å². The third-order valence-corrected chi connectivity index (χ3v) is 3.89. The number of hydrogen-bond acceptors (Lipinski definition) is 4. The number of aromatic nitrogens is 2. The van der Waals surface area contributed by atoms with Crippen molar-refractivity contribution >= 4 is 16.5 Å². The summed E-state index contributed by atoms with van der Waals surface area (Å²) in [6.45, 7) is 1.68. The largest absolute Gasteiger partial charge is 0.374 e. The van der Waals surface area contributed by atoms with Crippen LogP contribution in [0.3, 0.4) is 0 Å². The fraction of sp³-hybridized carbons (Fsp3) is 0.385. The lowest BCUT2D eigenvalue weighted by atomic mass is 10.1. The summed E-state index contributed by atoms with van der Waals surface area (Å²) in [4.78, 5) is 21.0. The molecule has 1 N–H and O–H groups in total. The van der Waals surface area contributed by atoms with E-state index in [0.717, 1.165) is 30.6 Å². The number of nitrogens with one attached hydrogen (secondary N) is 1. The smallest absolute Gasteiger partial charge is 0.257 e. The molecule has 2 aromatic heterocycles. The lowest BCUT2D eigenvalue weighted by Crippen LogP contribution is -2.37. The van der Waals surface area contributed by atoms with Gasteiger partial charge in [0.15, 0.2) is 0 Å². The first-order valence-electron chi connectivity index (χ1n) is 6.16. The highest BCUT2D eigenvalue weighted by molar-refractivity contribution is 5.92. The number of hydrogen-bond donors (Lipinski definition) is 1. The van der Waals surface area contributed by atoms with E-state index in [0.29, 0.717) is 17.5 Å². The summed E-state index contributed by atoms with van der Waals surface area (Å²) in [6, 6.07) is 2.38. The van der Waals surface area contributed by atoms with Crippen molar-refractivity contribution in [1.82, 2.24) is 9.97 Å². The van der Waals surface area contributed by atoms with Crippen molar-refractivity contribution in [2.75, 3.05) is 18.1 Å². The molecule has 0 aliphatic carbocycles. The van der Waals surface area contributed by atoms with Crippen molar-refractivity contribution in [2.24, 2.45) is 0 Å². The van der Waals surface area contributed by atoms with Gasteiger partial charge in [0, 0.05) is 24.3 Å². The Kier molecular flexibility index (Phi) is 1.99.